The maximum atomic E-state index is 11.3. The molecule has 1 aromatic heterocycles. The smallest absolute Gasteiger partial charge is 0.241 e. The van der Waals surface area contributed by atoms with Crippen LogP contribution in [-0.4, -0.2) is 27.8 Å². The van der Waals surface area contributed by atoms with Crippen molar-refractivity contribution in [1.82, 2.24) is 15.1 Å². The van der Waals surface area contributed by atoms with E-state index in [0.717, 1.165) is 11.3 Å². The van der Waals surface area contributed by atoms with Crippen LogP contribution >= 0.6 is 31.9 Å². The number of hydrogen-bond acceptors (Lipinski definition) is 4. The zero-order valence-electron chi connectivity index (χ0n) is 11.2. The van der Waals surface area contributed by atoms with Crippen molar-refractivity contribution < 1.29 is 9.90 Å². The fourth-order valence-electron chi connectivity index (χ4n) is 1.69. The number of aromatic nitrogens is 2. The molecule has 6 nitrogen and oxygen atoms in total. The number of phenols is 1. The molecule has 2 aromatic rings. The van der Waals surface area contributed by atoms with Gasteiger partial charge < -0.3 is 15.7 Å². The van der Waals surface area contributed by atoms with Gasteiger partial charge in [-0.15, -0.1) is 0 Å². The fraction of sp³-hybridized carbons (Fsp3) is 0.231. The summed E-state index contributed by atoms with van der Waals surface area (Å²) in [5, 5.41) is 19.5. The molecule has 8 heteroatoms. The van der Waals surface area contributed by atoms with Gasteiger partial charge in [-0.3, -0.25) is 9.48 Å². The molecule has 0 spiro atoms. The highest BCUT2D eigenvalue weighted by Gasteiger charge is 2.07. The molecule has 0 saturated heterocycles. The van der Waals surface area contributed by atoms with E-state index in [1.807, 2.05) is 12.1 Å². The molecule has 112 valence electrons. The van der Waals surface area contributed by atoms with Crippen LogP contribution in [0.5, 0.6) is 5.75 Å². The summed E-state index contributed by atoms with van der Waals surface area (Å²) in [6, 6.07) is 3.67. The second-order valence-corrected chi connectivity index (χ2v) is 6.07. The Hall–Kier alpha value is -1.54. The first-order valence-electron chi connectivity index (χ1n) is 6.13. The Kier molecular flexibility index (Phi) is 5.24. The van der Waals surface area contributed by atoms with Crippen molar-refractivity contribution in [2.45, 2.75) is 13.1 Å². The zero-order chi connectivity index (χ0) is 15.4. The van der Waals surface area contributed by atoms with Crippen LogP contribution in [0.1, 0.15) is 5.56 Å². The molecule has 0 bridgehead atoms. The molecule has 0 aliphatic heterocycles. The van der Waals surface area contributed by atoms with Crippen LogP contribution in [0.25, 0.3) is 0 Å². The quantitative estimate of drug-likeness (QED) is 0.698. The highest BCUT2D eigenvalue weighted by atomic mass is 79.9. The molecular formula is C13H14Br2N4O2. The minimum absolute atomic E-state index is 0.101. The molecule has 1 amide bonds. The van der Waals surface area contributed by atoms with Gasteiger partial charge in [0.15, 0.2) is 0 Å². The number of aromatic hydroxyl groups is 1. The number of nitrogens with one attached hydrogen (secondary N) is 2. The SMILES string of the molecule is CNC(=O)Cn1cc(NCc2cc(Br)c(O)c(Br)c2)cn1. The number of carbonyl (C=O) groups is 1. The Balaban J connectivity index is 1.99. The summed E-state index contributed by atoms with van der Waals surface area (Å²) in [7, 11) is 1.59. The second-order valence-electron chi connectivity index (χ2n) is 4.36. The van der Waals surface area contributed by atoms with E-state index in [1.54, 1.807) is 24.1 Å². The first kappa shape index (κ1) is 15.8. The van der Waals surface area contributed by atoms with E-state index in [-0.39, 0.29) is 18.2 Å². The average Bonchev–Trinajstić information content (AvgIpc) is 2.89. The van der Waals surface area contributed by atoms with Crippen molar-refractivity contribution in [3.05, 3.63) is 39.0 Å². The van der Waals surface area contributed by atoms with Gasteiger partial charge in [-0.1, -0.05) is 0 Å². The highest BCUT2D eigenvalue weighted by molar-refractivity contribution is 9.11. The molecular weight excluding hydrogens is 404 g/mol. The van der Waals surface area contributed by atoms with E-state index in [1.165, 1.54) is 0 Å². The van der Waals surface area contributed by atoms with Gasteiger partial charge in [0.25, 0.3) is 0 Å². The molecule has 1 aromatic carbocycles. The molecule has 3 N–H and O–H groups in total. The Labute approximate surface area is 138 Å². The predicted octanol–water partition coefficient (Wildman–Crippen LogP) is 2.47. The van der Waals surface area contributed by atoms with E-state index in [4.69, 9.17) is 0 Å². The summed E-state index contributed by atoms with van der Waals surface area (Å²) in [5.74, 6) is 0.0770. The van der Waals surface area contributed by atoms with Crippen LogP contribution in [0.15, 0.2) is 33.5 Å². The van der Waals surface area contributed by atoms with Gasteiger partial charge in [0.2, 0.25) is 5.91 Å². The van der Waals surface area contributed by atoms with Gasteiger partial charge >= 0.3 is 0 Å². The van der Waals surface area contributed by atoms with Crippen molar-refractivity contribution in [1.29, 1.82) is 0 Å². The second kappa shape index (κ2) is 6.95. The van der Waals surface area contributed by atoms with Crippen molar-refractivity contribution in [3.8, 4) is 5.75 Å². The number of amides is 1. The van der Waals surface area contributed by atoms with Gasteiger partial charge in [-0.2, -0.15) is 5.10 Å². The van der Waals surface area contributed by atoms with Crippen LogP contribution in [-0.2, 0) is 17.9 Å². The van der Waals surface area contributed by atoms with E-state index in [2.05, 4.69) is 47.6 Å². The Morgan fingerprint density at radius 3 is 2.67 bits per heavy atom. The summed E-state index contributed by atoms with van der Waals surface area (Å²) in [6.07, 6.45) is 3.42. The normalized spacial score (nSPS) is 10.4. The number of nitrogens with zero attached hydrogens (tertiary/aromatic N) is 2. The predicted molar refractivity (Wildman–Crippen MR) is 87.1 cm³/mol. The molecule has 2 rings (SSSR count). The number of hydrogen-bond donors (Lipinski definition) is 3. The zero-order valence-corrected chi connectivity index (χ0v) is 14.4. The van der Waals surface area contributed by atoms with Crippen molar-refractivity contribution in [2.24, 2.45) is 0 Å². The Bertz CT molecular complexity index is 634. The summed E-state index contributed by atoms with van der Waals surface area (Å²) in [6.45, 7) is 0.762. The standard InChI is InChI=1S/C13H14Br2N4O2/c1-16-12(20)7-19-6-9(5-18-19)17-4-8-2-10(14)13(21)11(15)3-8/h2-3,5-6,17,21H,4,7H2,1H3,(H,16,20). The lowest BCUT2D eigenvalue weighted by atomic mass is 10.2. The lowest BCUT2D eigenvalue weighted by molar-refractivity contribution is -0.121. The molecule has 0 aliphatic carbocycles. The third-order valence-corrected chi connectivity index (χ3v) is 4.00. The van der Waals surface area contributed by atoms with Crippen LogP contribution in [0.2, 0.25) is 0 Å². The lowest BCUT2D eigenvalue weighted by Crippen LogP contribution is -2.23. The van der Waals surface area contributed by atoms with E-state index < -0.39 is 0 Å². The van der Waals surface area contributed by atoms with Crippen LogP contribution in [0.4, 0.5) is 5.69 Å². The first-order chi connectivity index (χ1) is 9.99. The number of carbonyl (C=O) groups excluding carboxylic acids is 1. The van der Waals surface area contributed by atoms with Gasteiger partial charge in [0, 0.05) is 19.8 Å². The van der Waals surface area contributed by atoms with E-state index >= 15 is 0 Å². The minimum Gasteiger partial charge on any atom is -0.506 e. The van der Waals surface area contributed by atoms with Gasteiger partial charge in [-0.25, -0.2) is 0 Å². The van der Waals surface area contributed by atoms with Crippen molar-refractivity contribution >= 4 is 43.5 Å². The van der Waals surface area contributed by atoms with E-state index in [0.29, 0.717) is 15.5 Å². The Morgan fingerprint density at radius 2 is 2.05 bits per heavy atom. The minimum atomic E-state index is -0.101. The number of phenolic OH excluding ortho intramolecular Hbond substituents is 1. The van der Waals surface area contributed by atoms with Gasteiger partial charge in [0.1, 0.15) is 12.3 Å². The third kappa shape index (κ3) is 4.21. The van der Waals surface area contributed by atoms with Crippen molar-refractivity contribution in [3.63, 3.8) is 0 Å². The van der Waals surface area contributed by atoms with Crippen LogP contribution < -0.4 is 10.6 Å². The van der Waals surface area contributed by atoms with Gasteiger partial charge in [-0.05, 0) is 49.6 Å². The average molecular weight is 418 g/mol. The first-order valence-corrected chi connectivity index (χ1v) is 7.72. The maximum absolute atomic E-state index is 11.3. The largest absolute Gasteiger partial charge is 0.506 e. The summed E-state index contributed by atoms with van der Waals surface area (Å²) < 4.78 is 2.82. The molecule has 0 unspecified atom stereocenters. The van der Waals surface area contributed by atoms with Crippen LogP contribution in [0.3, 0.4) is 0 Å². The van der Waals surface area contributed by atoms with E-state index in [9.17, 15) is 9.90 Å². The molecule has 0 fully saturated rings. The number of likely N-dealkylation sites (N-methyl/N-ethyl adjacent to an activating group) is 1. The van der Waals surface area contributed by atoms with Crippen LogP contribution in [0, 0.1) is 0 Å². The summed E-state index contributed by atoms with van der Waals surface area (Å²) in [5.41, 5.74) is 1.81. The summed E-state index contributed by atoms with van der Waals surface area (Å²) >= 11 is 6.59. The molecule has 21 heavy (non-hydrogen) atoms. The van der Waals surface area contributed by atoms with Crippen molar-refractivity contribution in [2.75, 3.05) is 12.4 Å². The van der Waals surface area contributed by atoms with Gasteiger partial charge in [0.05, 0.1) is 20.8 Å². The number of rotatable bonds is 5. The molecule has 1 heterocycles. The monoisotopic (exact) mass is 416 g/mol. The Morgan fingerprint density at radius 1 is 1.38 bits per heavy atom. The maximum Gasteiger partial charge on any atom is 0.241 e. The number of anilines is 1. The third-order valence-electron chi connectivity index (χ3n) is 2.79. The topological polar surface area (TPSA) is 79.2 Å². The molecule has 0 radical (unpaired) electrons. The highest BCUT2D eigenvalue weighted by Crippen LogP contribution is 2.33. The fourth-order valence-corrected chi connectivity index (χ4v) is 2.97. The summed E-state index contributed by atoms with van der Waals surface area (Å²) in [4.78, 5) is 11.3. The number of benzene rings is 1. The molecule has 0 saturated carbocycles. The molecule has 0 atom stereocenters. The lowest BCUT2D eigenvalue weighted by Gasteiger charge is -2.07. The molecule has 0 aliphatic rings. The number of halogens is 2.